The first kappa shape index (κ1) is 17.0. The van der Waals surface area contributed by atoms with Gasteiger partial charge < -0.3 is 15.1 Å². The van der Waals surface area contributed by atoms with Crippen LogP contribution in [0.3, 0.4) is 0 Å². The highest BCUT2D eigenvalue weighted by Crippen LogP contribution is 2.22. The van der Waals surface area contributed by atoms with Crippen LogP contribution in [0.15, 0.2) is 64.6 Å². The Bertz CT molecular complexity index is 850. The van der Waals surface area contributed by atoms with Gasteiger partial charge >= 0.3 is 0 Å². The van der Waals surface area contributed by atoms with E-state index < -0.39 is 0 Å². The molecule has 1 atom stereocenters. The number of nitrogens with zero attached hydrogens (tertiary/aromatic N) is 1. The van der Waals surface area contributed by atoms with Crippen molar-refractivity contribution in [2.45, 2.75) is 12.5 Å². The molecule has 0 radical (unpaired) electrons. The highest BCUT2D eigenvalue weighted by Gasteiger charge is 2.20. The average Bonchev–Trinajstić information content (AvgIpc) is 3.31. The van der Waals surface area contributed by atoms with Gasteiger partial charge in [0.05, 0.1) is 24.8 Å². The smallest absolute Gasteiger partial charge is 0.230 e. The van der Waals surface area contributed by atoms with Crippen LogP contribution in [0.5, 0.6) is 0 Å². The number of thiophene rings is 1. The van der Waals surface area contributed by atoms with Crippen LogP contribution in [0.4, 0.5) is 5.00 Å². The number of hydrogen-bond donors (Lipinski definition) is 2. The van der Waals surface area contributed by atoms with Gasteiger partial charge in [0.25, 0.3) is 0 Å². The standard InChI is InChI=1S/C19H17N3O2S/c20-13-15-9-12-25-19(15)22-17(23)8-10-21-18(16-7-4-11-24-16)14-5-2-1-3-6-14/h1-7,9,11-12,18,21H,8,10H2,(H,22,23)/p+1/t18-/m0/s1. The molecule has 0 saturated carbocycles. The van der Waals surface area contributed by atoms with Crippen LogP contribution in [0.1, 0.15) is 29.3 Å². The van der Waals surface area contributed by atoms with Gasteiger partial charge in [0.15, 0.2) is 11.8 Å². The minimum Gasteiger partial charge on any atom is -0.463 e. The number of carbonyl (C=O) groups is 1. The highest BCUT2D eigenvalue weighted by atomic mass is 32.1. The molecule has 25 heavy (non-hydrogen) atoms. The average molecular weight is 352 g/mol. The van der Waals surface area contributed by atoms with Gasteiger partial charge in [0.1, 0.15) is 11.1 Å². The van der Waals surface area contributed by atoms with Crippen molar-refractivity contribution in [1.29, 1.82) is 5.26 Å². The first-order chi connectivity index (χ1) is 12.3. The maximum Gasteiger partial charge on any atom is 0.230 e. The molecule has 0 saturated heterocycles. The number of benzene rings is 1. The van der Waals surface area contributed by atoms with Crippen molar-refractivity contribution in [3.8, 4) is 6.07 Å². The van der Waals surface area contributed by atoms with E-state index >= 15 is 0 Å². The van der Waals surface area contributed by atoms with E-state index in [1.807, 2.05) is 30.3 Å². The lowest BCUT2D eigenvalue weighted by Gasteiger charge is -2.13. The zero-order valence-electron chi connectivity index (χ0n) is 13.5. The second-order valence-corrected chi connectivity index (χ2v) is 6.42. The van der Waals surface area contributed by atoms with E-state index in [1.165, 1.54) is 11.3 Å². The number of nitrogens with one attached hydrogen (secondary N) is 1. The summed E-state index contributed by atoms with van der Waals surface area (Å²) in [4.78, 5) is 12.1. The minimum absolute atomic E-state index is 0.0143. The summed E-state index contributed by atoms with van der Waals surface area (Å²) in [6.07, 6.45) is 2.01. The number of anilines is 1. The lowest BCUT2D eigenvalue weighted by molar-refractivity contribution is -0.687. The van der Waals surface area contributed by atoms with Gasteiger partial charge in [-0.2, -0.15) is 5.26 Å². The van der Waals surface area contributed by atoms with E-state index in [2.05, 4.69) is 28.8 Å². The van der Waals surface area contributed by atoms with Crippen LogP contribution in [0, 0.1) is 11.3 Å². The maximum absolute atomic E-state index is 12.1. The third-order valence-electron chi connectivity index (χ3n) is 3.82. The molecule has 0 spiro atoms. The molecule has 0 unspecified atom stereocenters. The molecule has 0 aliphatic heterocycles. The van der Waals surface area contributed by atoms with Crippen molar-refractivity contribution in [2.75, 3.05) is 11.9 Å². The van der Waals surface area contributed by atoms with Crippen molar-refractivity contribution >= 4 is 22.2 Å². The molecule has 6 heteroatoms. The molecular weight excluding hydrogens is 334 g/mol. The molecule has 3 aromatic rings. The largest absolute Gasteiger partial charge is 0.463 e. The van der Waals surface area contributed by atoms with Gasteiger partial charge in [-0.1, -0.05) is 30.3 Å². The maximum atomic E-state index is 12.1. The Kier molecular flexibility index (Phi) is 5.62. The van der Waals surface area contributed by atoms with E-state index in [9.17, 15) is 4.79 Å². The molecular formula is C19H18N3O2S+. The number of hydrogen-bond acceptors (Lipinski definition) is 4. The van der Waals surface area contributed by atoms with E-state index in [0.29, 0.717) is 23.5 Å². The number of quaternary nitrogens is 1. The number of rotatable bonds is 7. The molecule has 1 aromatic carbocycles. The SMILES string of the molecule is N#Cc1ccsc1NC(=O)CC[NH2+][C@@H](c1ccccc1)c1ccco1. The summed E-state index contributed by atoms with van der Waals surface area (Å²) in [5.41, 5.74) is 1.63. The minimum atomic E-state index is -0.0959. The summed E-state index contributed by atoms with van der Waals surface area (Å²) in [7, 11) is 0. The number of nitrogens with two attached hydrogens (primary N) is 1. The van der Waals surface area contributed by atoms with E-state index in [1.54, 1.807) is 17.7 Å². The van der Waals surface area contributed by atoms with E-state index in [-0.39, 0.29) is 11.9 Å². The van der Waals surface area contributed by atoms with Crippen LogP contribution < -0.4 is 10.6 Å². The van der Waals surface area contributed by atoms with Gasteiger partial charge in [0.2, 0.25) is 5.91 Å². The van der Waals surface area contributed by atoms with Crippen LogP contribution in [0.25, 0.3) is 0 Å². The van der Waals surface area contributed by atoms with Crippen LogP contribution in [-0.4, -0.2) is 12.5 Å². The summed E-state index contributed by atoms with van der Waals surface area (Å²) < 4.78 is 5.56. The van der Waals surface area contributed by atoms with Crippen LogP contribution in [-0.2, 0) is 4.79 Å². The van der Waals surface area contributed by atoms with Gasteiger partial charge in [-0.15, -0.1) is 11.3 Å². The monoisotopic (exact) mass is 352 g/mol. The Labute approximate surface area is 149 Å². The molecule has 2 aromatic heterocycles. The summed E-state index contributed by atoms with van der Waals surface area (Å²) in [6, 6.07) is 17.7. The van der Waals surface area contributed by atoms with E-state index in [4.69, 9.17) is 9.68 Å². The molecule has 5 nitrogen and oxygen atoms in total. The van der Waals surface area contributed by atoms with Crippen molar-refractivity contribution in [3.05, 3.63) is 77.1 Å². The van der Waals surface area contributed by atoms with Crippen molar-refractivity contribution in [2.24, 2.45) is 0 Å². The Morgan fingerprint density at radius 3 is 2.80 bits per heavy atom. The Balaban J connectivity index is 1.59. The van der Waals surface area contributed by atoms with Gasteiger partial charge in [0, 0.05) is 5.56 Å². The summed E-state index contributed by atoms with van der Waals surface area (Å²) in [5.74, 6) is 0.762. The normalized spacial score (nSPS) is 11.6. The fourth-order valence-electron chi connectivity index (χ4n) is 2.61. The predicted octanol–water partition coefficient (Wildman–Crippen LogP) is 2.89. The number of amides is 1. The second kappa shape index (κ2) is 8.29. The molecule has 2 heterocycles. The zero-order chi connectivity index (χ0) is 17.5. The lowest BCUT2D eigenvalue weighted by Crippen LogP contribution is -2.85. The first-order valence-corrected chi connectivity index (χ1v) is 8.85. The highest BCUT2D eigenvalue weighted by molar-refractivity contribution is 7.14. The Morgan fingerprint density at radius 1 is 1.24 bits per heavy atom. The molecule has 126 valence electrons. The fourth-order valence-corrected chi connectivity index (χ4v) is 3.36. The zero-order valence-corrected chi connectivity index (χ0v) is 14.3. The Morgan fingerprint density at radius 2 is 2.08 bits per heavy atom. The molecule has 0 aliphatic rings. The molecule has 3 rings (SSSR count). The summed E-state index contributed by atoms with van der Waals surface area (Å²) in [5, 5.41) is 16.3. The van der Waals surface area contributed by atoms with Crippen LogP contribution >= 0.6 is 11.3 Å². The quantitative estimate of drug-likeness (QED) is 0.686. The van der Waals surface area contributed by atoms with Crippen molar-refractivity contribution in [3.63, 3.8) is 0 Å². The molecule has 0 fully saturated rings. The van der Waals surface area contributed by atoms with Crippen molar-refractivity contribution in [1.82, 2.24) is 0 Å². The van der Waals surface area contributed by atoms with Gasteiger partial charge in [-0.25, -0.2) is 0 Å². The molecule has 0 bridgehead atoms. The van der Waals surface area contributed by atoms with E-state index in [0.717, 1.165) is 11.3 Å². The number of furan rings is 1. The predicted molar refractivity (Wildman–Crippen MR) is 96.1 cm³/mol. The fraction of sp³-hybridized carbons (Fsp3) is 0.158. The third kappa shape index (κ3) is 4.35. The second-order valence-electron chi connectivity index (χ2n) is 5.50. The number of nitriles is 1. The van der Waals surface area contributed by atoms with Crippen molar-refractivity contribution < 1.29 is 14.5 Å². The lowest BCUT2D eigenvalue weighted by atomic mass is 10.0. The molecule has 1 amide bonds. The summed E-state index contributed by atoms with van der Waals surface area (Å²) in [6.45, 7) is 0.610. The van der Waals surface area contributed by atoms with Crippen LogP contribution in [0.2, 0.25) is 0 Å². The molecule has 3 N–H and O–H groups in total. The Hall–Kier alpha value is -2.88. The third-order valence-corrected chi connectivity index (χ3v) is 4.65. The first-order valence-electron chi connectivity index (χ1n) is 7.97. The summed E-state index contributed by atoms with van der Waals surface area (Å²) >= 11 is 1.36. The topological polar surface area (TPSA) is 82.6 Å². The molecule has 0 aliphatic carbocycles. The number of carbonyl (C=O) groups excluding carboxylic acids is 1. The van der Waals surface area contributed by atoms with Gasteiger partial charge in [-0.3, -0.25) is 4.79 Å². The van der Waals surface area contributed by atoms with Gasteiger partial charge in [-0.05, 0) is 23.6 Å².